The van der Waals surface area contributed by atoms with Crippen LogP contribution in [0.15, 0.2) is 18.2 Å². The molecule has 0 saturated carbocycles. The summed E-state index contributed by atoms with van der Waals surface area (Å²) in [6, 6.07) is 4.73. The number of hydrogen-bond acceptors (Lipinski definition) is 4. The number of aromatic nitrogens is 1. The summed E-state index contributed by atoms with van der Waals surface area (Å²) in [7, 11) is 0. The number of carbonyl (C=O) groups excluding carboxylic acids is 2. The summed E-state index contributed by atoms with van der Waals surface area (Å²) < 4.78 is 0. The van der Waals surface area contributed by atoms with Gasteiger partial charge < -0.3 is 15.5 Å². The van der Waals surface area contributed by atoms with Crippen LogP contribution in [0.2, 0.25) is 10.0 Å². The third kappa shape index (κ3) is 3.80. The molecule has 0 spiro atoms. The first-order valence-corrected chi connectivity index (χ1v) is 8.77. The van der Waals surface area contributed by atoms with Crippen molar-refractivity contribution >= 4 is 57.3 Å². The van der Waals surface area contributed by atoms with Crippen molar-refractivity contribution in [1.29, 1.82) is 0 Å². The quantitative estimate of drug-likeness (QED) is 0.821. The van der Waals surface area contributed by atoms with Gasteiger partial charge in [0.1, 0.15) is 0 Å². The number of fused-ring (bicyclic) bond motifs is 1. The first-order valence-electron chi connectivity index (χ1n) is 7.19. The van der Waals surface area contributed by atoms with E-state index in [9.17, 15) is 9.59 Å². The summed E-state index contributed by atoms with van der Waals surface area (Å²) in [6.45, 7) is 2.46. The zero-order chi connectivity index (χ0) is 17.3. The molecule has 0 aliphatic carbocycles. The lowest BCUT2D eigenvalue weighted by atomic mass is 10.2. The largest absolute Gasteiger partial charge is 0.322 e. The molecule has 0 bridgehead atoms. The highest BCUT2D eigenvalue weighted by Gasteiger charge is 2.24. The average Bonchev–Trinajstić information content (AvgIpc) is 2.91. The number of anilines is 2. The van der Waals surface area contributed by atoms with Crippen LogP contribution in [-0.2, 0) is 17.8 Å². The summed E-state index contributed by atoms with van der Waals surface area (Å²) in [5.41, 5.74) is 1.52. The van der Waals surface area contributed by atoms with E-state index in [4.69, 9.17) is 23.2 Å². The Hall–Kier alpha value is -1.83. The molecule has 3 amide bonds. The third-order valence-corrected chi connectivity index (χ3v) is 5.21. The van der Waals surface area contributed by atoms with E-state index in [2.05, 4.69) is 15.6 Å². The highest BCUT2D eigenvalue weighted by molar-refractivity contribution is 7.15. The topological polar surface area (TPSA) is 74.3 Å². The Labute approximate surface area is 152 Å². The van der Waals surface area contributed by atoms with Crippen LogP contribution in [0.1, 0.15) is 17.5 Å². The van der Waals surface area contributed by atoms with Crippen LogP contribution < -0.4 is 10.6 Å². The second-order valence-electron chi connectivity index (χ2n) is 5.30. The fraction of sp³-hybridized carbons (Fsp3) is 0.267. The SMILES string of the molecule is CC(=O)Nc1nc2c(s1)CN(C(=O)Nc1ccc(Cl)c(Cl)c1)CC2. The summed E-state index contributed by atoms with van der Waals surface area (Å²) in [5, 5.41) is 6.88. The molecule has 1 aromatic heterocycles. The van der Waals surface area contributed by atoms with Crippen LogP contribution in [0.25, 0.3) is 0 Å². The van der Waals surface area contributed by atoms with Gasteiger partial charge in [0, 0.05) is 30.5 Å². The molecule has 0 fully saturated rings. The third-order valence-electron chi connectivity index (χ3n) is 3.47. The van der Waals surface area contributed by atoms with E-state index in [1.54, 1.807) is 23.1 Å². The van der Waals surface area contributed by atoms with Gasteiger partial charge in [0.25, 0.3) is 0 Å². The molecule has 0 radical (unpaired) electrons. The van der Waals surface area contributed by atoms with Crippen LogP contribution in [0.5, 0.6) is 0 Å². The smallest absolute Gasteiger partial charge is 0.319 e. The molecule has 24 heavy (non-hydrogen) atoms. The Bertz CT molecular complexity index is 809. The maximum absolute atomic E-state index is 12.4. The van der Waals surface area contributed by atoms with Crippen molar-refractivity contribution in [3.63, 3.8) is 0 Å². The molecule has 3 rings (SSSR count). The van der Waals surface area contributed by atoms with Gasteiger partial charge in [0.2, 0.25) is 5.91 Å². The number of nitrogens with zero attached hydrogens (tertiary/aromatic N) is 2. The number of hydrogen-bond donors (Lipinski definition) is 2. The van der Waals surface area contributed by atoms with E-state index < -0.39 is 0 Å². The predicted octanol–water partition coefficient (Wildman–Crippen LogP) is 4.00. The number of amides is 3. The van der Waals surface area contributed by atoms with Gasteiger partial charge in [0.15, 0.2) is 5.13 Å². The molecule has 6 nitrogen and oxygen atoms in total. The molecule has 1 aromatic carbocycles. The summed E-state index contributed by atoms with van der Waals surface area (Å²) in [4.78, 5) is 30.6. The molecule has 2 N–H and O–H groups in total. The molecule has 2 heterocycles. The minimum Gasteiger partial charge on any atom is -0.319 e. The minimum absolute atomic E-state index is 0.157. The van der Waals surface area contributed by atoms with E-state index >= 15 is 0 Å². The van der Waals surface area contributed by atoms with Crippen molar-refractivity contribution in [3.8, 4) is 0 Å². The summed E-state index contributed by atoms with van der Waals surface area (Å²) in [6.07, 6.45) is 0.653. The Morgan fingerprint density at radius 3 is 2.75 bits per heavy atom. The Morgan fingerprint density at radius 2 is 2.04 bits per heavy atom. The summed E-state index contributed by atoms with van der Waals surface area (Å²) in [5.74, 6) is -0.157. The van der Waals surface area contributed by atoms with Crippen molar-refractivity contribution in [1.82, 2.24) is 9.88 Å². The van der Waals surface area contributed by atoms with Crippen LogP contribution in [0, 0.1) is 0 Å². The van der Waals surface area contributed by atoms with Crippen LogP contribution in [0.3, 0.4) is 0 Å². The average molecular weight is 385 g/mol. The summed E-state index contributed by atoms with van der Waals surface area (Å²) >= 11 is 13.2. The van der Waals surface area contributed by atoms with Gasteiger partial charge >= 0.3 is 6.03 Å². The Balaban J connectivity index is 1.68. The molecule has 1 aliphatic heterocycles. The normalized spacial score (nSPS) is 13.4. The van der Waals surface area contributed by atoms with Gasteiger partial charge in [0.05, 0.1) is 22.3 Å². The molecule has 126 valence electrons. The maximum atomic E-state index is 12.4. The molecule has 1 aliphatic rings. The fourth-order valence-corrected chi connectivity index (χ4v) is 3.72. The van der Waals surface area contributed by atoms with E-state index in [1.807, 2.05) is 0 Å². The molecule has 9 heteroatoms. The van der Waals surface area contributed by atoms with E-state index in [0.29, 0.717) is 40.4 Å². The van der Waals surface area contributed by atoms with Crippen molar-refractivity contribution in [2.45, 2.75) is 19.9 Å². The van der Waals surface area contributed by atoms with Crippen molar-refractivity contribution in [2.24, 2.45) is 0 Å². The maximum Gasteiger partial charge on any atom is 0.322 e. The van der Waals surface area contributed by atoms with E-state index in [0.717, 1.165) is 10.6 Å². The molecule has 0 unspecified atom stereocenters. The molecular formula is C15H14Cl2N4O2S. The van der Waals surface area contributed by atoms with Crippen LogP contribution >= 0.6 is 34.5 Å². The number of nitrogens with one attached hydrogen (secondary N) is 2. The van der Waals surface area contributed by atoms with Gasteiger partial charge in [-0.05, 0) is 18.2 Å². The Kier molecular flexibility index (Phi) is 4.93. The van der Waals surface area contributed by atoms with Crippen molar-refractivity contribution in [2.75, 3.05) is 17.2 Å². The standard InChI is InChI=1S/C15H14Cl2N4O2S/c1-8(22)18-14-20-12-4-5-21(7-13(12)24-14)15(23)19-9-2-3-10(16)11(17)6-9/h2-3,6H,4-5,7H2,1H3,(H,19,23)(H,18,20,22). The number of carbonyl (C=O) groups is 2. The second kappa shape index (κ2) is 6.96. The zero-order valence-electron chi connectivity index (χ0n) is 12.7. The molecule has 2 aromatic rings. The number of rotatable bonds is 2. The van der Waals surface area contributed by atoms with E-state index in [-0.39, 0.29) is 11.9 Å². The predicted molar refractivity (Wildman–Crippen MR) is 96.0 cm³/mol. The van der Waals surface area contributed by atoms with Crippen LogP contribution in [0.4, 0.5) is 15.6 Å². The van der Waals surface area contributed by atoms with Gasteiger partial charge in [-0.3, -0.25) is 4.79 Å². The lowest BCUT2D eigenvalue weighted by molar-refractivity contribution is -0.114. The van der Waals surface area contributed by atoms with Gasteiger partial charge in [-0.1, -0.05) is 34.5 Å². The number of thiazole rings is 1. The monoisotopic (exact) mass is 384 g/mol. The lowest BCUT2D eigenvalue weighted by Gasteiger charge is -2.26. The minimum atomic E-state index is -0.214. The molecule has 0 atom stereocenters. The van der Waals surface area contributed by atoms with Gasteiger partial charge in [-0.25, -0.2) is 9.78 Å². The van der Waals surface area contributed by atoms with Gasteiger partial charge in [-0.15, -0.1) is 0 Å². The highest BCUT2D eigenvalue weighted by atomic mass is 35.5. The van der Waals surface area contributed by atoms with Crippen LogP contribution in [-0.4, -0.2) is 28.4 Å². The first-order chi connectivity index (χ1) is 11.4. The highest BCUT2D eigenvalue weighted by Crippen LogP contribution is 2.29. The van der Waals surface area contributed by atoms with E-state index in [1.165, 1.54) is 18.3 Å². The fourth-order valence-electron chi connectivity index (χ4n) is 2.35. The van der Waals surface area contributed by atoms with Crippen molar-refractivity contribution < 1.29 is 9.59 Å². The molecule has 0 saturated heterocycles. The first kappa shape index (κ1) is 17.0. The van der Waals surface area contributed by atoms with Gasteiger partial charge in [-0.2, -0.15) is 0 Å². The lowest BCUT2D eigenvalue weighted by Crippen LogP contribution is -2.38. The number of benzene rings is 1. The van der Waals surface area contributed by atoms with Crippen molar-refractivity contribution in [3.05, 3.63) is 38.8 Å². The second-order valence-corrected chi connectivity index (χ2v) is 7.20. The zero-order valence-corrected chi connectivity index (χ0v) is 15.1. The Morgan fingerprint density at radius 1 is 1.25 bits per heavy atom. The number of halogens is 2. The number of urea groups is 1. The molecular weight excluding hydrogens is 371 g/mol.